The van der Waals surface area contributed by atoms with Gasteiger partial charge >= 0.3 is 0 Å². The SMILES string of the molecule is CCCCN(CCCC)C(=O)C(CCCCBr)C(=O)N(CCCC)CCCC. The molecule has 0 unspecified atom stereocenters. The van der Waals surface area contributed by atoms with Crippen LogP contribution in [0.1, 0.15) is 98.3 Å². The van der Waals surface area contributed by atoms with Crippen molar-refractivity contribution in [2.75, 3.05) is 31.5 Å². The number of halogens is 1. The molecule has 0 aliphatic heterocycles. The Balaban J connectivity index is 5.38. The van der Waals surface area contributed by atoms with E-state index in [0.717, 1.165) is 95.7 Å². The van der Waals surface area contributed by atoms with Crippen LogP contribution in [0, 0.1) is 5.92 Å². The first-order chi connectivity index (χ1) is 13.6. The van der Waals surface area contributed by atoms with E-state index in [0.29, 0.717) is 6.42 Å². The number of carbonyl (C=O) groups is 2. The second-order valence-electron chi connectivity index (χ2n) is 7.80. The summed E-state index contributed by atoms with van der Waals surface area (Å²) in [6.45, 7) is 11.7. The summed E-state index contributed by atoms with van der Waals surface area (Å²) >= 11 is 3.48. The van der Waals surface area contributed by atoms with Crippen LogP contribution in [0.5, 0.6) is 0 Å². The largest absolute Gasteiger partial charge is 0.342 e. The lowest BCUT2D eigenvalue weighted by Gasteiger charge is -2.31. The molecular formula is C23H45BrN2O2. The molecule has 0 aromatic heterocycles. The lowest BCUT2D eigenvalue weighted by Crippen LogP contribution is -2.46. The van der Waals surface area contributed by atoms with E-state index in [-0.39, 0.29) is 11.8 Å². The Hall–Kier alpha value is -0.580. The molecule has 2 amide bonds. The van der Waals surface area contributed by atoms with E-state index >= 15 is 0 Å². The summed E-state index contributed by atoms with van der Waals surface area (Å²) in [5.74, 6) is -0.361. The Kier molecular flexibility index (Phi) is 18.1. The highest BCUT2D eigenvalue weighted by Crippen LogP contribution is 2.19. The van der Waals surface area contributed by atoms with Crippen LogP contribution in [0.15, 0.2) is 0 Å². The molecule has 0 rings (SSSR count). The van der Waals surface area contributed by atoms with Crippen LogP contribution in [0.2, 0.25) is 0 Å². The van der Waals surface area contributed by atoms with Crippen molar-refractivity contribution in [3.8, 4) is 0 Å². The number of alkyl halides is 1. The van der Waals surface area contributed by atoms with Gasteiger partial charge in [0.15, 0.2) is 0 Å². The van der Waals surface area contributed by atoms with Gasteiger partial charge in [-0.2, -0.15) is 0 Å². The highest BCUT2D eigenvalue weighted by atomic mass is 79.9. The minimum absolute atomic E-state index is 0.0690. The maximum absolute atomic E-state index is 13.4. The number of rotatable bonds is 18. The van der Waals surface area contributed by atoms with Gasteiger partial charge in [-0.1, -0.05) is 75.7 Å². The van der Waals surface area contributed by atoms with Gasteiger partial charge in [-0.05, 0) is 38.5 Å². The van der Waals surface area contributed by atoms with Crippen molar-refractivity contribution in [1.29, 1.82) is 0 Å². The molecule has 0 saturated heterocycles. The maximum atomic E-state index is 13.4. The predicted molar refractivity (Wildman–Crippen MR) is 124 cm³/mol. The smallest absolute Gasteiger partial charge is 0.235 e. The van der Waals surface area contributed by atoms with Crippen molar-refractivity contribution in [3.63, 3.8) is 0 Å². The average molecular weight is 462 g/mol. The van der Waals surface area contributed by atoms with E-state index in [1.165, 1.54) is 0 Å². The summed E-state index contributed by atoms with van der Waals surface area (Å²) in [6, 6.07) is 0. The zero-order valence-electron chi connectivity index (χ0n) is 19.0. The molecule has 0 aromatic rings. The van der Waals surface area contributed by atoms with Gasteiger partial charge in [0.1, 0.15) is 5.92 Å². The van der Waals surface area contributed by atoms with Crippen molar-refractivity contribution in [3.05, 3.63) is 0 Å². The minimum atomic E-state index is -0.499. The number of hydrogen-bond acceptors (Lipinski definition) is 2. The normalized spacial score (nSPS) is 11.1. The first-order valence-corrected chi connectivity index (χ1v) is 12.8. The summed E-state index contributed by atoms with van der Waals surface area (Å²) in [5.41, 5.74) is 0. The van der Waals surface area contributed by atoms with E-state index in [2.05, 4.69) is 43.6 Å². The second kappa shape index (κ2) is 18.4. The van der Waals surface area contributed by atoms with Crippen LogP contribution < -0.4 is 0 Å². The van der Waals surface area contributed by atoms with Crippen LogP contribution in [0.25, 0.3) is 0 Å². The fraction of sp³-hybridized carbons (Fsp3) is 0.913. The van der Waals surface area contributed by atoms with Gasteiger partial charge in [0.2, 0.25) is 11.8 Å². The molecular weight excluding hydrogens is 416 g/mol. The molecule has 0 aliphatic rings. The lowest BCUT2D eigenvalue weighted by molar-refractivity contribution is -0.148. The molecule has 0 N–H and O–H groups in total. The molecule has 0 heterocycles. The summed E-state index contributed by atoms with van der Waals surface area (Å²) in [5, 5.41) is 0.923. The van der Waals surface area contributed by atoms with Crippen LogP contribution in [-0.4, -0.2) is 53.1 Å². The fourth-order valence-corrected chi connectivity index (χ4v) is 3.69. The van der Waals surface area contributed by atoms with E-state index in [1.54, 1.807) is 0 Å². The standard InChI is InChI=1S/C23H45BrN2O2/c1-5-9-17-25(18-10-6-2)22(27)21(15-13-14-16-24)23(28)26(19-11-7-3)20-12-8-4/h21H,5-20H2,1-4H3. The molecule has 0 spiro atoms. The number of nitrogens with zero attached hydrogens (tertiary/aromatic N) is 2. The van der Waals surface area contributed by atoms with Gasteiger partial charge in [0, 0.05) is 31.5 Å². The van der Waals surface area contributed by atoms with Crippen molar-refractivity contribution < 1.29 is 9.59 Å². The lowest BCUT2D eigenvalue weighted by atomic mass is 9.97. The van der Waals surface area contributed by atoms with Gasteiger partial charge in [0.25, 0.3) is 0 Å². The third-order valence-electron chi connectivity index (χ3n) is 5.22. The molecule has 28 heavy (non-hydrogen) atoms. The minimum Gasteiger partial charge on any atom is -0.342 e. The topological polar surface area (TPSA) is 40.6 Å². The third kappa shape index (κ3) is 11.4. The van der Waals surface area contributed by atoms with Crippen molar-refractivity contribution >= 4 is 27.7 Å². The summed E-state index contributed by atoms with van der Waals surface area (Å²) in [7, 11) is 0. The predicted octanol–water partition coefficient (Wildman–Crippen LogP) is 6.03. The molecule has 0 aliphatic carbocycles. The van der Waals surface area contributed by atoms with Crippen molar-refractivity contribution in [2.24, 2.45) is 5.92 Å². The van der Waals surface area contributed by atoms with Gasteiger partial charge in [-0.3, -0.25) is 9.59 Å². The van der Waals surface area contributed by atoms with E-state index < -0.39 is 5.92 Å². The van der Waals surface area contributed by atoms with Crippen LogP contribution in [0.3, 0.4) is 0 Å². The van der Waals surface area contributed by atoms with Crippen LogP contribution in [0.4, 0.5) is 0 Å². The Bertz CT molecular complexity index is 356. The molecule has 0 saturated carbocycles. The van der Waals surface area contributed by atoms with Gasteiger partial charge in [-0.25, -0.2) is 0 Å². The first kappa shape index (κ1) is 27.4. The first-order valence-electron chi connectivity index (χ1n) is 11.7. The van der Waals surface area contributed by atoms with Gasteiger partial charge in [-0.15, -0.1) is 0 Å². The van der Waals surface area contributed by atoms with Gasteiger partial charge < -0.3 is 9.80 Å². The Morgan fingerprint density at radius 2 is 1.00 bits per heavy atom. The molecule has 0 radical (unpaired) electrons. The summed E-state index contributed by atoms with van der Waals surface area (Å²) in [6.07, 6.45) is 10.9. The Labute approximate surface area is 182 Å². The molecule has 0 fully saturated rings. The number of amides is 2. The Morgan fingerprint density at radius 3 is 1.29 bits per heavy atom. The molecule has 0 bridgehead atoms. The molecule has 0 atom stereocenters. The van der Waals surface area contributed by atoms with Crippen LogP contribution in [-0.2, 0) is 9.59 Å². The average Bonchev–Trinajstić information content (AvgIpc) is 2.70. The van der Waals surface area contributed by atoms with Crippen molar-refractivity contribution in [1.82, 2.24) is 9.80 Å². The fourth-order valence-electron chi connectivity index (χ4n) is 3.30. The third-order valence-corrected chi connectivity index (χ3v) is 5.78. The van der Waals surface area contributed by atoms with Crippen LogP contribution >= 0.6 is 15.9 Å². The van der Waals surface area contributed by atoms with Crippen molar-refractivity contribution in [2.45, 2.75) is 98.3 Å². The Morgan fingerprint density at radius 1 is 0.643 bits per heavy atom. The molecule has 5 heteroatoms. The number of carbonyl (C=O) groups excluding carboxylic acids is 2. The highest BCUT2D eigenvalue weighted by molar-refractivity contribution is 9.09. The van der Waals surface area contributed by atoms with E-state index in [1.807, 2.05) is 9.80 Å². The van der Waals surface area contributed by atoms with E-state index in [4.69, 9.17) is 0 Å². The maximum Gasteiger partial charge on any atom is 0.235 e. The highest BCUT2D eigenvalue weighted by Gasteiger charge is 2.32. The monoisotopic (exact) mass is 460 g/mol. The molecule has 4 nitrogen and oxygen atoms in total. The van der Waals surface area contributed by atoms with Gasteiger partial charge in [0.05, 0.1) is 0 Å². The quantitative estimate of drug-likeness (QED) is 0.142. The zero-order chi connectivity index (χ0) is 21.2. The number of unbranched alkanes of at least 4 members (excludes halogenated alkanes) is 5. The molecule has 166 valence electrons. The second-order valence-corrected chi connectivity index (χ2v) is 8.60. The number of hydrogen-bond donors (Lipinski definition) is 0. The zero-order valence-corrected chi connectivity index (χ0v) is 20.6. The summed E-state index contributed by atoms with van der Waals surface area (Å²) < 4.78 is 0. The molecule has 0 aromatic carbocycles. The van der Waals surface area contributed by atoms with E-state index in [9.17, 15) is 9.59 Å². The summed E-state index contributed by atoms with van der Waals surface area (Å²) in [4.78, 5) is 30.8.